The lowest BCUT2D eigenvalue weighted by Crippen LogP contribution is -2.46. The van der Waals surface area contributed by atoms with Crippen molar-refractivity contribution in [3.05, 3.63) is 113 Å². The first kappa shape index (κ1) is 24.7. The average molecular weight is 495 g/mol. The lowest BCUT2D eigenvalue weighted by Gasteiger charge is -2.37. The minimum absolute atomic E-state index is 0.0133. The summed E-state index contributed by atoms with van der Waals surface area (Å²) < 4.78 is 12.0. The summed E-state index contributed by atoms with van der Waals surface area (Å²) in [6.45, 7) is 4.23. The number of hydrogen-bond acceptors (Lipinski definition) is 7. The normalized spacial score (nSPS) is 18.3. The van der Waals surface area contributed by atoms with Crippen molar-refractivity contribution >= 4 is 0 Å². The Hall–Kier alpha value is -3.99. The fraction of sp³-hybridized carbons (Fsp3) is 0.300. The highest BCUT2D eigenvalue weighted by molar-refractivity contribution is 5.42. The fourth-order valence-corrected chi connectivity index (χ4v) is 5.03. The molecule has 0 bridgehead atoms. The summed E-state index contributed by atoms with van der Waals surface area (Å²) >= 11 is 0. The van der Waals surface area contributed by atoms with E-state index in [1.54, 1.807) is 12.1 Å². The maximum absolute atomic E-state index is 11.9. The van der Waals surface area contributed by atoms with E-state index in [0.717, 1.165) is 19.4 Å². The highest BCUT2D eigenvalue weighted by Crippen LogP contribution is 2.35. The number of rotatable bonds is 8. The Morgan fingerprint density at radius 1 is 1.05 bits per heavy atom. The summed E-state index contributed by atoms with van der Waals surface area (Å²) in [5.74, 6) is 1.78. The molecule has 188 valence electrons. The first-order valence-electron chi connectivity index (χ1n) is 12.7. The Labute approximate surface area is 216 Å². The van der Waals surface area contributed by atoms with Gasteiger partial charge < -0.3 is 14.4 Å². The van der Waals surface area contributed by atoms with Crippen LogP contribution in [0, 0.1) is 17.2 Å². The summed E-state index contributed by atoms with van der Waals surface area (Å²) in [5, 5.41) is 25.4. The van der Waals surface area contributed by atoms with Crippen LogP contribution in [0.15, 0.2) is 89.5 Å². The number of nitrogens with zero attached hydrogens (tertiary/aromatic N) is 4. The van der Waals surface area contributed by atoms with Gasteiger partial charge in [0.2, 0.25) is 11.7 Å². The molecule has 1 fully saturated rings. The number of hydrogen-bond donors (Lipinski definition) is 1. The Morgan fingerprint density at radius 3 is 2.41 bits per heavy atom. The van der Waals surface area contributed by atoms with E-state index >= 15 is 0 Å². The second-order valence-corrected chi connectivity index (χ2v) is 9.44. The Morgan fingerprint density at radius 2 is 1.76 bits per heavy atom. The molecule has 0 radical (unpaired) electrons. The molecular weight excluding hydrogens is 464 g/mol. The monoisotopic (exact) mass is 494 g/mol. The smallest absolute Gasteiger partial charge is 0.240 e. The van der Waals surface area contributed by atoms with Gasteiger partial charge in [-0.2, -0.15) is 10.2 Å². The third-order valence-corrected chi connectivity index (χ3v) is 7.09. The molecule has 4 aromatic rings. The SMILES string of the molecule is CCC1CCN(Cc2nc(C(O)(c3ccccc3)c3ccccc3)no2)CC1Oc1cccc(C#N)c1. The zero-order chi connectivity index (χ0) is 25.7. The Bertz CT molecular complexity index is 1310. The van der Waals surface area contributed by atoms with Crippen LogP contribution in [-0.4, -0.2) is 39.3 Å². The standard InChI is InChI=1S/C30H30N4O3/c1-2-23-16-17-34(20-27(23)36-26-15-9-10-22(18-26)19-31)21-28-32-29(33-37-28)30(35,24-11-5-3-6-12-24)25-13-7-4-8-14-25/h3-15,18,23,27,35H,2,16-17,20-21H2,1H3. The fourth-order valence-electron chi connectivity index (χ4n) is 5.03. The van der Waals surface area contributed by atoms with E-state index in [2.05, 4.69) is 28.0 Å². The number of ether oxygens (including phenoxy) is 1. The lowest BCUT2D eigenvalue weighted by molar-refractivity contribution is 0.0300. The molecule has 1 saturated heterocycles. The van der Waals surface area contributed by atoms with Gasteiger partial charge in [0.05, 0.1) is 18.2 Å². The molecule has 0 spiro atoms. The molecule has 1 aromatic heterocycles. The van der Waals surface area contributed by atoms with Crippen LogP contribution in [0.2, 0.25) is 0 Å². The minimum Gasteiger partial charge on any atom is -0.489 e. The molecule has 1 aliphatic rings. The van der Waals surface area contributed by atoms with Crippen molar-refractivity contribution in [2.24, 2.45) is 5.92 Å². The average Bonchev–Trinajstić information content (AvgIpc) is 3.43. The summed E-state index contributed by atoms with van der Waals surface area (Å²) in [4.78, 5) is 6.90. The van der Waals surface area contributed by atoms with Crippen molar-refractivity contribution < 1.29 is 14.4 Å². The number of nitriles is 1. The van der Waals surface area contributed by atoms with E-state index in [9.17, 15) is 10.4 Å². The zero-order valence-corrected chi connectivity index (χ0v) is 20.8. The summed E-state index contributed by atoms with van der Waals surface area (Å²) in [7, 11) is 0. The van der Waals surface area contributed by atoms with Crippen LogP contribution in [0.25, 0.3) is 0 Å². The first-order valence-corrected chi connectivity index (χ1v) is 12.7. The van der Waals surface area contributed by atoms with E-state index in [1.165, 1.54) is 0 Å². The van der Waals surface area contributed by atoms with Gasteiger partial charge in [-0.05, 0) is 54.6 Å². The van der Waals surface area contributed by atoms with Gasteiger partial charge in [0.25, 0.3) is 0 Å². The molecule has 0 amide bonds. The summed E-state index contributed by atoms with van der Waals surface area (Å²) in [5.41, 5.74) is 0.397. The van der Waals surface area contributed by atoms with E-state index in [-0.39, 0.29) is 11.9 Å². The highest BCUT2D eigenvalue weighted by atomic mass is 16.5. The van der Waals surface area contributed by atoms with Crippen molar-refractivity contribution in [2.75, 3.05) is 13.1 Å². The predicted molar refractivity (Wildman–Crippen MR) is 139 cm³/mol. The van der Waals surface area contributed by atoms with E-state index in [0.29, 0.717) is 47.3 Å². The molecule has 7 heteroatoms. The van der Waals surface area contributed by atoms with Crippen LogP contribution in [0.1, 0.15) is 48.2 Å². The second kappa shape index (κ2) is 11.0. The third-order valence-electron chi connectivity index (χ3n) is 7.09. The van der Waals surface area contributed by atoms with Gasteiger partial charge in [0, 0.05) is 6.54 Å². The van der Waals surface area contributed by atoms with Crippen molar-refractivity contribution in [1.82, 2.24) is 15.0 Å². The van der Waals surface area contributed by atoms with Crippen molar-refractivity contribution in [1.29, 1.82) is 5.26 Å². The van der Waals surface area contributed by atoms with Crippen LogP contribution in [-0.2, 0) is 12.1 Å². The molecule has 0 aliphatic carbocycles. The first-order chi connectivity index (χ1) is 18.1. The van der Waals surface area contributed by atoms with Gasteiger partial charge in [-0.1, -0.05) is 78.8 Å². The van der Waals surface area contributed by atoms with Crippen LogP contribution >= 0.6 is 0 Å². The van der Waals surface area contributed by atoms with Crippen LogP contribution in [0.5, 0.6) is 5.75 Å². The van der Waals surface area contributed by atoms with E-state index in [4.69, 9.17) is 9.26 Å². The Balaban J connectivity index is 1.35. The quantitative estimate of drug-likeness (QED) is 0.372. The maximum Gasteiger partial charge on any atom is 0.240 e. The number of likely N-dealkylation sites (tertiary alicyclic amines) is 1. The van der Waals surface area contributed by atoms with E-state index < -0.39 is 5.60 Å². The van der Waals surface area contributed by atoms with Gasteiger partial charge in [0.1, 0.15) is 11.9 Å². The zero-order valence-electron chi connectivity index (χ0n) is 20.8. The maximum atomic E-state index is 11.9. The van der Waals surface area contributed by atoms with E-state index in [1.807, 2.05) is 72.8 Å². The van der Waals surface area contributed by atoms with Gasteiger partial charge in [-0.25, -0.2) is 0 Å². The highest BCUT2D eigenvalue weighted by Gasteiger charge is 2.39. The van der Waals surface area contributed by atoms with Gasteiger partial charge in [0.15, 0.2) is 5.60 Å². The van der Waals surface area contributed by atoms with Gasteiger partial charge in [-0.3, -0.25) is 4.90 Å². The van der Waals surface area contributed by atoms with Gasteiger partial charge in [-0.15, -0.1) is 0 Å². The third kappa shape index (κ3) is 5.26. The second-order valence-electron chi connectivity index (χ2n) is 9.44. The molecule has 2 heterocycles. The summed E-state index contributed by atoms with van der Waals surface area (Å²) in [6, 6.07) is 28.3. The molecule has 2 unspecified atom stereocenters. The summed E-state index contributed by atoms with van der Waals surface area (Å²) in [6.07, 6.45) is 1.99. The molecular formula is C30H30N4O3. The molecule has 7 nitrogen and oxygen atoms in total. The number of aromatic nitrogens is 2. The molecule has 3 aromatic carbocycles. The largest absolute Gasteiger partial charge is 0.489 e. The number of benzene rings is 3. The van der Waals surface area contributed by atoms with Crippen molar-refractivity contribution in [2.45, 2.75) is 38.0 Å². The lowest BCUT2D eigenvalue weighted by atomic mass is 9.85. The molecule has 2 atom stereocenters. The van der Waals surface area contributed by atoms with Crippen LogP contribution < -0.4 is 4.74 Å². The van der Waals surface area contributed by atoms with Gasteiger partial charge >= 0.3 is 0 Å². The molecule has 1 aliphatic heterocycles. The van der Waals surface area contributed by atoms with Crippen LogP contribution in [0.4, 0.5) is 0 Å². The topological polar surface area (TPSA) is 95.4 Å². The molecule has 0 saturated carbocycles. The number of aliphatic hydroxyl groups is 1. The molecule has 1 N–H and O–H groups in total. The minimum atomic E-state index is -1.53. The molecule has 37 heavy (non-hydrogen) atoms. The molecule has 5 rings (SSSR count). The predicted octanol–water partition coefficient (Wildman–Crippen LogP) is 4.90. The number of piperidine rings is 1. The Kier molecular flexibility index (Phi) is 7.31. The van der Waals surface area contributed by atoms with Crippen molar-refractivity contribution in [3.63, 3.8) is 0 Å². The van der Waals surface area contributed by atoms with Crippen LogP contribution in [0.3, 0.4) is 0 Å². The van der Waals surface area contributed by atoms with Crippen molar-refractivity contribution in [3.8, 4) is 11.8 Å².